The number of carbonyl (C=O) groups is 2. The van der Waals surface area contributed by atoms with E-state index in [0.717, 1.165) is 42.9 Å². The molecule has 0 aromatic carbocycles. The Bertz CT molecular complexity index is 709. The summed E-state index contributed by atoms with van der Waals surface area (Å²) in [5.74, 6) is 4.09. The van der Waals surface area contributed by atoms with Gasteiger partial charge < -0.3 is 4.74 Å². The molecular weight excluding hydrogens is 372 g/mol. The predicted octanol–water partition coefficient (Wildman–Crippen LogP) is 6.50. The molecule has 0 radical (unpaired) electrons. The molecule has 30 heavy (non-hydrogen) atoms. The first kappa shape index (κ1) is 22.1. The van der Waals surface area contributed by atoms with E-state index in [1.165, 1.54) is 50.5 Å². The molecule has 4 aliphatic rings. The van der Waals surface area contributed by atoms with Crippen molar-refractivity contribution in [2.24, 2.45) is 40.4 Å². The van der Waals surface area contributed by atoms with Crippen molar-refractivity contribution >= 4 is 11.8 Å². The SMILES string of the molecule is CCCC(=O)OCCCC1CC[C@H]2[C@@H]3CCC4CC(=O)C=C(C)[C@]4(C)[C@@H]3CC[C@]12C. The molecule has 7 atom stereocenters. The molecule has 168 valence electrons. The monoisotopic (exact) mass is 414 g/mol. The lowest BCUT2D eigenvalue weighted by molar-refractivity contribution is -0.144. The largest absolute Gasteiger partial charge is 0.466 e. The Hall–Kier alpha value is -1.12. The summed E-state index contributed by atoms with van der Waals surface area (Å²) in [6, 6.07) is 0. The van der Waals surface area contributed by atoms with Crippen LogP contribution in [-0.2, 0) is 14.3 Å². The van der Waals surface area contributed by atoms with Gasteiger partial charge in [-0.1, -0.05) is 26.3 Å². The van der Waals surface area contributed by atoms with Crippen molar-refractivity contribution in [3.8, 4) is 0 Å². The highest BCUT2D eigenvalue weighted by Gasteiger charge is 2.60. The van der Waals surface area contributed by atoms with Crippen molar-refractivity contribution in [3.63, 3.8) is 0 Å². The Morgan fingerprint density at radius 2 is 1.93 bits per heavy atom. The minimum Gasteiger partial charge on any atom is -0.466 e. The highest BCUT2D eigenvalue weighted by Crippen LogP contribution is 2.68. The lowest BCUT2D eigenvalue weighted by atomic mass is 9.44. The maximum Gasteiger partial charge on any atom is 0.305 e. The summed E-state index contributed by atoms with van der Waals surface area (Å²) in [4.78, 5) is 23.8. The number of ether oxygens (including phenoxy) is 1. The first-order valence-corrected chi connectivity index (χ1v) is 12.7. The smallest absolute Gasteiger partial charge is 0.305 e. The van der Waals surface area contributed by atoms with E-state index in [-0.39, 0.29) is 11.4 Å². The Labute approximate surface area is 183 Å². The molecule has 3 heteroatoms. The number of hydrogen-bond acceptors (Lipinski definition) is 3. The molecule has 0 aromatic heterocycles. The van der Waals surface area contributed by atoms with Crippen molar-refractivity contribution in [3.05, 3.63) is 11.6 Å². The second-order valence-electron chi connectivity index (χ2n) is 11.4. The minimum atomic E-state index is -0.0343. The van der Waals surface area contributed by atoms with Crippen LogP contribution in [0.4, 0.5) is 0 Å². The molecule has 0 aromatic rings. The third-order valence-corrected chi connectivity index (χ3v) is 10.2. The quantitative estimate of drug-likeness (QED) is 0.368. The first-order chi connectivity index (χ1) is 14.3. The fourth-order valence-electron chi connectivity index (χ4n) is 8.43. The fourth-order valence-corrected chi connectivity index (χ4v) is 8.43. The van der Waals surface area contributed by atoms with Crippen LogP contribution in [0, 0.1) is 40.4 Å². The average molecular weight is 415 g/mol. The molecular formula is C27H42O3. The number of allylic oxidation sites excluding steroid dienone is 2. The standard InChI is InChI=1S/C27H42O3/c1-5-7-25(29)30-15-6-8-19-10-12-23-22-11-9-20-17-21(28)16-18(2)27(20,4)24(22)13-14-26(19,23)3/h16,19-20,22-24H,5-15,17H2,1-4H3/t19?,20?,22-,23-,24+,26+,27-/m0/s1. The summed E-state index contributed by atoms with van der Waals surface area (Å²) in [6.45, 7) is 9.92. The zero-order chi connectivity index (χ0) is 21.5. The van der Waals surface area contributed by atoms with E-state index in [9.17, 15) is 9.59 Å². The molecule has 0 heterocycles. The van der Waals surface area contributed by atoms with E-state index in [0.29, 0.717) is 30.1 Å². The third-order valence-electron chi connectivity index (χ3n) is 10.2. The number of ketones is 1. The molecule has 0 spiro atoms. The minimum absolute atomic E-state index is 0.0343. The van der Waals surface area contributed by atoms with Crippen LogP contribution in [0.25, 0.3) is 0 Å². The molecule has 2 unspecified atom stereocenters. The number of carbonyl (C=O) groups excluding carboxylic acids is 2. The van der Waals surface area contributed by atoms with Gasteiger partial charge in [-0.3, -0.25) is 9.59 Å². The molecule has 3 nitrogen and oxygen atoms in total. The van der Waals surface area contributed by atoms with Gasteiger partial charge in [-0.05, 0) is 111 Å². The van der Waals surface area contributed by atoms with E-state index in [2.05, 4.69) is 20.8 Å². The summed E-state index contributed by atoms with van der Waals surface area (Å²) in [7, 11) is 0. The van der Waals surface area contributed by atoms with Crippen LogP contribution in [0.5, 0.6) is 0 Å². The van der Waals surface area contributed by atoms with Crippen molar-refractivity contribution in [1.82, 2.24) is 0 Å². The van der Waals surface area contributed by atoms with E-state index in [1.807, 2.05) is 13.0 Å². The molecule has 0 amide bonds. The zero-order valence-corrected chi connectivity index (χ0v) is 19.7. The number of rotatable bonds is 6. The Balaban J connectivity index is 1.42. The highest BCUT2D eigenvalue weighted by molar-refractivity contribution is 5.91. The van der Waals surface area contributed by atoms with E-state index < -0.39 is 0 Å². The van der Waals surface area contributed by atoms with Crippen molar-refractivity contribution in [1.29, 1.82) is 0 Å². The van der Waals surface area contributed by atoms with Gasteiger partial charge in [-0.25, -0.2) is 0 Å². The van der Waals surface area contributed by atoms with Gasteiger partial charge in [0.25, 0.3) is 0 Å². The normalized spacial score (nSPS) is 42.7. The average Bonchev–Trinajstić information content (AvgIpc) is 3.03. The Morgan fingerprint density at radius 1 is 1.13 bits per heavy atom. The molecule has 0 bridgehead atoms. The first-order valence-electron chi connectivity index (χ1n) is 12.7. The van der Waals surface area contributed by atoms with Crippen molar-refractivity contribution < 1.29 is 14.3 Å². The second kappa shape index (κ2) is 8.43. The number of fused-ring (bicyclic) bond motifs is 5. The van der Waals surface area contributed by atoms with Gasteiger partial charge in [0.05, 0.1) is 6.61 Å². The van der Waals surface area contributed by atoms with Gasteiger partial charge in [0.15, 0.2) is 5.78 Å². The molecule has 0 saturated heterocycles. The van der Waals surface area contributed by atoms with Crippen LogP contribution in [0.15, 0.2) is 11.6 Å². The molecule has 4 aliphatic carbocycles. The molecule has 3 fully saturated rings. The van der Waals surface area contributed by atoms with Gasteiger partial charge >= 0.3 is 5.97 Å². The summed E-state index contributed by atoms with van der Waals surface area (Å²) in [5, 5.41) is 0. The number of esters is 1. The van der Waals surface area contributed by atoms with Gasteiger partial charge in [0.1, 0.15) is 0 Å². The third kappa shape index (κ3) is 3.58. The van der Waals surface area contributed by atoms with Crippen LogP contribution in [0.2, 0.25) is 0 Å². The topological polar surface area (TPSA) is 43.4 Å². The van der Waals surface area contributed by atoms with Crippen LogP contribution >= 0.6 is 0 Å². The Kier molecular flexibility index (Phi) is 6.21. The van der Waals surface area contributed by atoms with Gasteiger partial charge in [-0.2, -0.15) is 0 Å². The maximum absolute atomic E-state index is 12.2. The van der Waals surface area contributed by atoms with Gasteiger partial charge in [0, 0.05) is 12.8 Å². The van der Waals surface area contributed by atoms with E-state index in [1.54, 1.807) is 0 Å². The summed E-state index contributed by atoms with van der Waals surface area (Å²) in [5.41, 5.74) is 2.06. The van der Waals surface area contributed by atoms with Crippen LogP contribution in [0.3, 0.4) is 0 Å². The van der Waals surface area contributed by atoms with Crippen molar-refractivity contribution in [2.75, 3.05) is 6.61 Å². The van der Waals surface area contributed by atoms with Gasteiger partial charge in [-0.15, -0.1) is 0 Å². The van der Waals surface area contributed by atoms with Gasteiger partial charge in [0.2, 0.25) is 0 Å². The molecule has 0 aliphatic heterocycles. The number of hydrogen-bond donors (Lipinski definition) is 0. The van der Waals surface area contributed by atoms with Crippen LogP contribution in [0.1, 0.15) is 98.3 Å². The molecule has 4 rings (SSSR count). The summed E-state index contributed by atoms with van der Waals surface area (Å²) < 4.78 is 5.42. The lowest BCUT2D eigenvalue weighted by Crippen LogP contribution is -2.53. The second-order valence-corrected chi connectivity index (χ2v) is 11.4. The zero-order valence-electron chi connectivity index (χ0n) is 19.7. The lowest BCUT2D eigenvalue weighted by Gasteiger charge is -2.60. The van der Waals surface area contributed by atoms with Crippen LogP contribution < -0.4 is 0 Å². The van der Waals surface area contributed by atoms with E-state index >= 15 is 0 Å². The molecule has 0 N–H and O–H groups in total. The Morgan fingerprint density at radius 3 is 2.70 bits per heavy atom. The van der Waals surface area contributed by atoms with E-state index in [4.69, 9.17) is 4.74 Å². The maximum atomic E-state index is 12.2. The fraction of sp³-hybridized carbons (Fsp3) is 0.852. The molecule has 3 saturated carbocycles. The summed E-state index contributed by atoms with van der Waals surface area (Å²) in [6.07, 6.45) is 14.3. The van der Waals surface area contributed by atoms with Crippen LogP contribution in [-0.4, -0.2) is 18.4 Å². The van der Waals surface area contributed by atoms with Crippen molar-refractivity contribution in [2.45, 2.75) is 98.3 Å². The summed E-state index contributed by atoms with van der Waals surface area (Å²) >= 11 is 0. The highest BCUT2D eigenvalue weighted by atomic mass is 16.5. The predicted molar refractivity (Wildman–Crippen MR) is 120 cm³/mol.